The van der Waals surface area contributed by atoms with Crippen LogP contribution in [0.3, 0.4) is 0 Å². The molecule has 0 saturated carbocycles. The number of aromatic nitrogens is 2. The average Bonchev–Trinajstić information content (AvgIpc) is 3.17. The van der Waals surface area contributed by atoms with Crippen molar-refractivity contribution in [2.75, 3.05) is 13.6 Å². The van der Waals surface area contributed by atoms with Crippen LogP contribution in [0.1, 0.15) is 21.7 Å². The van der Waals surface area contributed by atoms with Crippen molar-refractivity contribution in [3.63, 3.8) is 0 Å². The Morgan fingerprint density at radius 2 is 1.67 bits per heavy atom. The first-order chi connectivity index (χ1) is 16.0. The van der Waals surface area contributed by atoms with Crippen molar-refractivity contribution in [2.24, 2.45) is 0 Å². The monoisotopic (exact) mass is 504 g/mol. The van der Waals surface area contributed by atoms with Gasteiger partial charge in [0.1, 0.15) is 12.4 Å². The number of fused-ring (bicyclic) bond motifs is 1. The number of nitrogens with one attached hydrogen (secondary N) is 1. The van der Waals surface area contributed by atoms with E-state index in [-0.39, 0.29) is 18.4 Å². The zero-order valence-electron chi connectivity index (χ0n) is 18.4. The van der Waals surface area contributed by atoms with Crippen LogP contribution in [-0.4, -0.2) is 39.9 Å². The maximum atomic E-state index is 13.0. The molecule has 0 unspecified atom stereocenters. The van der Waals surface area contributed by atoms with E-state index in [1.54, 1.807) is 17.0 Å². The Kier molecular flexibility index (Phi) is 7.19. The van der Waals surface area contributed by atoms with Gasteiger partial charge in [0, 0.05) is 36.6 Å². The Balaban J connectivity index is 1.45. The molecule has 33 heavy (non-hydrogen) atoms. The normalized spacial score (nSPS) is 10.8. The molecule has 0 atom stereocenters. The zero-order valence-corrected chi connectivity index (χ0v) is 20.0. The van der Waals surface area contributed by atoms with Gasteiger partial charge in [-0.2, -0.15) is 0 Å². The van der Waals surface area contributed by atoms with Gasteiger partial charge in [0.05, 0.1) is 11.0 Å². The molecule has 2 amide bonds. The van der Waals surface area contributed by atoms with Crippen molar-refractivity contribution in [1.82, 2.24) is 19.8 Å². The number of hydrogen-bond donors (Lipinski definition) is 1. The van der Waals surface area contributed by atoms with Gasteiger partial charge in [-0.3, -0.25) is 9.59 Å². The molecule has 3 aromatic carbocycles. The van der Waals surface area contributed by atoms with Gasteiger partial charge >= 0.3 is 0 Å². The van der Waals surface area contributed by atoms with Crippen molar-refractivity contribution in [3.05, 3.63) is 100 Å². The van der Waals surface area contributed by atoms with Crippen molar-refractivity contribution in [2.45, 2.75) is 19.5 Å². The lowest BCUT2D eigenvalue weighted by Crippen LogP contribution is -2.31. The molecule has 0 aliphatic rings. The number of para-hydroxylation sites is 2. The van der Waals surface area contributed by atoms with E-state index in [0.717, 1.165) is 26.9 Å². The van der Waals surface area contributed by atoms with Crippen LogP contribution in [0.15, 0.2) is 83.3 Å². The first-order valence-electron chi connectivity index (χ1n) is 10.8. The maximum absolute atomic E-state index is 13.0. The predicted octanol–water partition coefficient (Wildman–Crippen LogP) is 4.43. The SMILES string of the molecule is CN(Cc1ccccc1)C(=O)Cn1c(CCNC(=O)c2ccc(Br)cc2)nc2ccccc21. The van der Waals surface area contributed by atoms with Gasteiger partial charge in [-0.1, -0.05) is 58.4 Å². The first kappa shape index (κ1) is 22.7. The van der Waals surface area contributed by atoms with Gasteiger partial charge in [0.25, 0.3) is 5.91 Å². The summed E-state index contributed by atoms with van der Waals surface area (Å²) < 4.78 is 2.87. The third kappa shape index (κ3) is 5.68. The van der Waals surface area contributed by atoms with E-state index in [2.05, 4.69) is 21.2 Å². The number of hydrogen-bond acceptors (Lipinski definition) is 3. The molecule has 4 rings (SSSR count). The van der Waals surface area contributed by atoms with E-state index in [9.17, 15) is 9.59 Å². The quantitative estimate of drug-likeness (QED) is 0.386. The minimum absolute atomic E-state index is 0.00199. The van der Waals surface area contributed by atoms with Crippen LogP contribution in [-0.2, 0) is 24.3 Å². The average molecular weight is 505 g/mol. The minimum Gasteiger partial charge on any atom is -0.352 e. The number of benzene rings is 3. The van der Waals surface area contributed by atoms with Crippen LogP contribution in [0.4, 0.5) is 0 Å². The van der Waals surface area contributed by atoms with E-state index in [1.165, 1.54) is 0 Å². The topological polar surface area (TPSA) is 67.2 Å². The second-order valence-electron chi connectivity index (χ2n) is 7.85. The summed E-state index contributed by atoms with van der Waals surface area (Å²) in [7, 11) is 1.81. The number of likely N-dealkylation sites (N-methyl/N-ethyl adjacent to an activating group) is 1. The van der Waals surface area contributed by atoms with Gasteiger partial charge in [-0.15, -0.1) is 0 Å². The zero-order chi connectivity index (χ0) is 23.2. The Morgan fingerprint density at radius 1 is 0.970 bits per heavy atom. The molecule has 4 aromatic rings. The Labute approximate surface area is 201 Å². The number of carbonyl (C=O) groups excluding carboxylic acids is 2. The number of carbonyl (C=O) groups is 2. The van der Waals surface area contributed by atoms with Crippen molar-refractivity contribution < 1.29 is 9.59 Å². The fourth-order valence-corrected chi connectivity index (χ4v) is 3.95. The molecule has 1 N–H and O–H groups in total. The molecule has 168 valence electrons. The lowest BCUT2D eigenvalue weighted by atomic mass is 10.2. The van der Waals surface area contributed by atoms with Crippen LogP contribution in [0, 0.1) is 0 Å². The third-order valence-corrected chi connectivity index (χ3v) is 5.98. The maximum Gasteiger partial charge on any atom is 0.251 e. The predicted molar refractivity (Wildman–Crippen MR) is 133 cm³/mol. The van der Waals surface area contributed by atoms with E-state index in [1.807, 2.05) is 78.3 Å². The molecule has 0 spiro atoms. The highest BCUT2D eigenvalue weighted by molar-refractivity contribution is 9.10. The van der Waals surface area contributed by atoms with Gasteiger partial charge in [-0.05, 0) is 42.0 Å². The van der Waals surface area contributed by atoms with E-state index in [0.29, 0.717) is 25.1 Å². The highest BCUT2D eigenvalue weighted by atomic mass is 79.9. The third-order valence-electron chi connectivity index (χ3n) is 5.46. The molecule has 0 aliphatic heterocycles. The fourth-order valence-electron chi connectivity index (χ4n) is 3.69. The van der Waals surface area contributed by atoms with Crippen molar-refractivity contribution >= 4 is 38.8 Å². The number of imidazole rings is 1. The summed E-state index contributed by atoms with van der Waals surface area (Å²) in [5.41, 5.74) is 3.43. The summed E-state index contributed by atoms with van der Waals surface area (Å²) in [6.45, 7) is 1.16. The summed E-state index contributed by atoms with van der Waals surface area (Å²) in [4.78, 5) is 31.9. The second-order valence-corrected chi connectivity index (χ2v) is 8.77. The Hall–Kier alpha value is -3.45. The van der Waals surface area contributed by atoms with Gasteiger partial charge in [-0.25, -0.2) is 4.98 Å². The van der Waals surface area contributed by atoms with Gasteiger partial charge in [0.2, 0.25) is 5.91 Å². The first-order valence-corrected chi connectivity index (χ1v) is 11.6. The van der Waals surface area contributed by atoms with E-state index < -0.39 is 0 Å². The molecule has 7 heteroatoms. The van der Waals surface area contributed by atoms with Crippen LogP contribution >= 0.6 is 15.9 Å². The molecule has 1 aromatic heterocycles. The van der Waals surface area contributed by atoms with Crippen LogP contribution in [0.5, 0.6) is 0 Å². The molecule has 0 fully saturated rings. The molecule has 0 aliphatic carbocycles. The molecule has 0 radical (unpaired) electrons. The van der Waals surface area contributed by atoms with Crippen molar-refractivity contribution in [3.8, 4) is 0 Å². The number of rotatable bonds is 8. The summed E-state index contributed by atoms with van der Waals surface area (Å²) in [5.74, 6) is 0.639. The standard InChI is InChI=1S/C26H25BrN4O2/c1-30(17-19-7-3-2-4-8-19)25(32)18-31-23-10-6-5-9-22(23)29-24(31)15-16-28-26(33)20-11-13-21(27)14-12-20/h2-14H,15-18H2,1H3,(H,28,33). The molecule has 6 nitrogen and oxygen atoms in total. The molecule has 0 bridgehead atoms. The molecular formula is C26H25BrN4O2. The molecule has 1 heterocycles. The summed E-state index contributed by atoms with van der Waals surface area (Å²) in [5, 5.41) is 2.94. The number of amides is 2. The summed E-state index contributed by atoms with van der Waals surface area (Å²) in [6.07, 6.45) is 0.520. The summed E-state index contributed by atoms with van der Waals surface area (Å²) >= 11 is 3.38. The molecule has 0 saturated heterocycles. The van der Waals surface area contributed by atoms with Gasteiger partial charge < -0.3 is 14.8 Å². The Bertz CT molecular complexity index is 1250. The minimum atomic E-state index is -0.135. The fraction of sp³-hybridized carbons (Fsp3) is 0.192. The summed E-state index contributed by atoms with van der Waals surface area (Å²) in [6, 6.07) is 24.9. The highest BCUT2D eigenvalue weighted by Crippen LogP contribution is 2.17. The van der Waals surface area contributed by atoms with Gasteiger partial charge in [0.15, 0.2) is 0 Å². The van der Waals surface area contributed by atoms with E-state index >= 15 is 0 Å². The lowest BCUT2D eigenvalue weighted by molar-refractivity contribution is -0.131. The lowest BCUT2D eigenvalue weighted by Gasteiger charge is -2.19. The molecular weight excluding hydrogens is 480 g/mol. The smallest absolute Gasteiger partial charge is 0.251 e. The van der Waals surface area contributed by atoms with Crippen LogP contribution in [0.2, 0.25) is 0 Å². The van der Waals surface area contributed by atoms with Crippen molar-refractivity contribution in [1.29, 1.82) is 0 Å². The number of nitrogens with zero attached hydrogens (tertiary/aromatic N) is 3. The highest BCUT2D eigenvalue weighted by Gasteiger charge is 2.16. The van der Waals surface area contributed by atoms with Crippen LogP contribution in [0.25, 0.3) is 11.0 Å². The Morgan fingerprint density at radius 3 is 2.42 bits per heavy atom. The second kappa shape index (κ2) is 10.4. The number of halogens is 1. The van der Waals surface area contributed by atoms with Crippen LogP contribution < -0.4 is 5.32 Å². The van der Waals surface area contributed by atoms with E-state index in [4.69, 9.17) is 4.98 Å². The largest absolute Gasteiger partial charge is 0.352 e.